The Hall–Kier alpha value is -0.400. The van der Waals surface area contributed by atoms with Crippen LogP contribution in [0.25, 0.3) is 0 Å². The molecule has 0 aliphatic heterocycles. The fourth-order valence-electron chi connectivity index (χ4n) is 6.60. The largest absolute Gasteiger partial charge is 0.0843 e. The highest BCUT2D eigenvalue weighted by Crippen LogP contribution is 2.68. The molecule has 3 aliphatic carbocycles. The van der Waals surface area contributed by atoms with Crippen molar-refractivity contribution in [1.82, 2.24) is 0 Å². The van der Waals surface area contributed by atoms with E-state index in [2.05, 4.69) is 24.3 Å². The summed E-state index contributed by atoms with van der Waals surface area (Å²) in [5.74, 6) is 3.09. The van der Waals surface area contributed by atoms with E-state index in [1.807, 2.05) is 12.1 Å². The Bertz CT molecular complexity index is 782. The predicted octanol–water partition coefficient (Wildman–Crippen LogP) is 8.04. The Labute approximate surface area is 174 Å². The lowest BCUT2D eigenvalue weighted by Crippen LogP contribution is -2.40. The summed E-state index contributed by atoms with van der Waals surface area (Å²) >= 11 is 25.7. The van der Waals surface area contributed by atoms with E-state index < -0.39 is 0 Å². The maximum atomic E-state index is 6.42. The van der Waals surface area contributed by atoms with Gasteiger partial charge < -0.3 is 0 Å². The highest BCUT2D eigenvalue weighted by Gasteiger charge is 2.61. The molecule has 136 valence electrons. The smallest absolute Gasteiger partial charge is 0.0423 e. The first-order valence-corrected chi connectivity index (χ1v) is 10.9. The van der Waals surface area contributed by atoms with Gasteiger partial charge in [-0.1, -0.05) is 52.8 Å². The molecule has 4 atom stereocenters. The van der Waals surface area contributed by atoms with Gasteiger partial charge in [-0.15, -0.1) is 0 Å². The van der Waals surface area contributed by atoms with E-state index in [1.165, 1.54) is 36.8 Å². The number of fused-ring (bicyclic) bond motifs is 5. The van der Waals surface area contributed by atoms with E-state index in [0.717, 1.165) is 24.2 Å². The Balaban J connectivity index is 1.74. The second-order valence-electron chi connectivity index (χ2n) is 8.35. The van der Waals surface area contributed by atoms with Crippen LogP contribution in [-0.2, 0) is 5.41 Å². The molecule has 4 heteroatoms. The van der Waals surface area contributed by atoms with E-state index in [-0.39, 0.29) is 5.41 Å². The first-order valence-electron chi connectivity index (χ1n) is 9.40. The van der Waals surface area contributed by atoms with Crippen LogP contribution in [0, 0.1) is 23.7 Å². The van der Waals surface area contributed by atoms with Crippen molar-refractivity contribution in [3.63, 3.8) is 0 Å². The van der Waals surface area contributed by atoms with E-state index in [1.54, 1.807) is 0 Å². The van der Waals surface area contributed by atoms with Crippen molar-refractivity contribution in [2.45, 2.75) is 37.5 Å². The summed E-state index contributed by atoms with van der Waals surface area (Å²) in [6, 6.07) is 12.0. The minimum Gasteiger partial charge on any atom is -0.0843 e. The lowest BCUT2D eigenvalue weighted by Gasteiger charge is -2.44. The number of rotatable bonds is 2. The first kappa shape index (κ1) is 17.7. The molecule has 5 rings (SSSR count). The van der Waals surface area contributed by atoms with E-state index >= 15 is 0 Å². The third kappa shape index (κ3) is 2.56. The van der Waals surface area contributed by atoms with E-state index in [0.29, 0.717) is 26.0 Å². The molecule has 0 saturated heterocycles. The number of benzene rings is 2. The van der Waals surface area contributed by atoms with Gasteiger partial charge in [-0.25, -0.2) is 0 Å². The molecule has 3 aliphatic rings. The predicted molar refractivity (Wildman–Crippen MR) is 111 cm³/mol. The van der Waals surface area contributed by atoms with Crippen LogP contribution in [-0.4, -0.2) is 0 Å². The maximum absolute atomic E-state index is 6.42. The minimum atomic E-state index is -0.0841. The van der Waals surface area contributed by atoms with E-state index in [9.17, 15) is 0 Å². The number of hydrogen-bond acceptors (Lipinski definition) is 0. The van der Waals surface area contributed by atoms with Crippen molar-refractivity contribution in [1.29, 1.82) is 0 Å². The zero-order valence-electron chi connectivity index (χ0n) is 14.3. The third-order valence-electron chi connectivity index (χ3n) is 7.28. The zero-order chi connectivity index (χ0) is 18.1. The second kappa shape index (κ2) is 6.31. The normalized spacial score (nSPS) is 31.4. The SMILES string of the molecule is Clc1cc(Cl)cc(C2(c3cc(Cl)cc(Cl)c3)CC3CC2C2CCCC32)c1. The highest BCUT2D eigenvalue weighted by molar-refractivity contribution is 6.35. The standard InChI is InChI=1S/C22H20Cl4/c23-15-5-13(6-16(24)9-15)22(14-7-17(25)10-18(26)8-14)11-12-4-21(22)20-3-1-2-19(12)20/h5-10,12,19-21H,1-4,11H2. The number of hydrogen-bond donors (Lipinski definition) is 0. The van der Waals surface area contributed by atoms with Crippen LogP contribution >= 0.6 is 46.4 Å². The fraction of sp³-hybridized carbons (Fsp3) is 0.455. The lowest BCUT2D eigenvalue weighted by atomic mass is 9.59. The van der Waals surface area contributed by atoms with Crippen molar-refractivity contribution in [2.75, 3.05) is 0 Å². The van der Waals surface area contributed by atoms with Crippen molar-refractivity contribution in [3.05, 3.63) is 67.6 Å². The van der Waals surface area contributed by atoms with Crippen LogP contribution in [0.4, 0.5) is 0 Å². The fourth-order valence-corrected chi connectivity index (χ4v) is 7.65. The van der Waals surface area contributed by atoms with Gasteiger partial charge in [-0.3, -0.25) is 0 Å². The van der Waals surface area contributed by atoms with Crippen molar-refractivity contribution in [2.24, 2.45) is 23.7 Å². The molecule has 4 unspecified atom stereocenters. The van der Waals surface area contributed by atoms with Gasteiger partial charge >= 0.3 is 0 Å². The molecule has 0 spiro atoms. The Kier molecular flexibility index (Phi) is 4.29. The monoisotopic (exact) mass is 424 g/mol. The molecule has 0 radical (unpaired) electrons. The first-order chi connectivity index (χ1) is 12.5. The van der Waals surface area contributed by atoms with Crippen LogP contribution in [0.5, 0.6) is 0 Å². The Morgan fingerprint density at radius 3 is 1.73 bits per heavy atom. The van der Waals surface area contributed by atoms with Gasteiger partial charge in [-0.2, -0.15) is 0 Å². The second-order valence-corrected chi connectivity index (χ2v) is 10.1. The summed E-state index contributed by atoms with van der Waals surface area (Å²) in [5, 5.41) is 2.80. The van der Waals surface area contributed by atoms with Crippen LogP contribution in [0.2, 0.25) is 20.1 Å². The molecule has 0 N–H and O–H groups in total. The molecule has 3 fully saturated rings. The Morgan fingerprint density at radius 2 is 1.19 bits per heavy atom. The van der Waals surface area contributed by atoms with Crippen LogP contribution < -0.4 is 0 Å². The molecule has 26 heavy (non-hydrogen) atoms. The number of halogens is 4. The zero-order valence-corrected chi connectivity index (χ0v) is 17.3. The molecule has 0 aromatic heterocycles. The molecule has 0 nitrogen and oxygen atoms in total. The molecule has 2 aromatic carbocycles. The summed E-state index contributed by atoms with van der Waals surface area (Å²) in [6.07, 6.45) is 6.55. The summed E-state index contributed by atoms with van der Waals surface area (Å²) in [5.41, 5.74) is 2.37. The average molecular weight is 426 g/mol. The molecular formula is C22H20Cl4. The van der Waals surface area contributed by atoms with Gasteiger partial charge in [0.05, 0.1) is 0 Å². The van der Waals surface area contributed by atoms with Gasteiger partial charge in [0.15, 0.2) is 0 Å². The van der Waals surface area contributed by atoms with Gasteiger partial charge in [0.2, 0.25) is 0 Å². The van der Waals surface area contributed by atoms with E-state index in [4.69, 9.17) is 46.4 Å². The summed E-state index contributed by atoms with van der Waals surface area (Å²) in [6.45, 7) is 0. The van der Waals surface area contributed by atoms with Crippen molar-refractivity contribution < 1.29 is 0 Å². The minimum absolute atomic E-state index is 0.0841. The summed E-state index contributed by atoms with van der Waals surface area (Å²) in [7, 11) is 0. The van der Waals surface area contributed by atoms with Crippen LogP contribution in [0.1, 0.15) is 43.2 Å². The Morgan fingerprint density at radius 1 is 0.692 bits per heavy atom. The molecule has 2 aromatic rings. The molecule has 0 amide bonds. The van der Waals surface area contributed by atoms with Crippen molar-refractivity contribution in [3.8, 4) is 0 Å². The summed E-state index contributed by atoms with van der Waals surface area (Å²) < 4.78 is 0. The van der Waals surface area contributed by atoms with Gasteiger partial charge in [-0.05, 0) is 96.9 Å². The van der Waals surface area contributed by atoms with Crippen molar-refractivity contribution >= 4 is 46.4 Å². The third-order valence-corrected chi connectivity index (χ3v) is 8.15. The highest BCUT2D eigenvalue weighted by atomic mass is 35.5. The molecule has 2 bridgehead atoms. The quantitative estimate of drug-likeness (QED) is 0.456. The van der Waals surface area contributed by atoms with Gasteiger partial charge in [0.1, 0.15) is 0 Å². The van der Waals surface area contributed by atoms with Gasteiger partial charge in [0.25, 0.3) is 0 Å². The maximum Gasteiger partial charge on any atom is 0.0423 e. The lowest BCUT2D eigenvalue weighted by molar-refractivity contribution is 0.181. The molecule has 0 heterocycles. The molecular weight excluding hydrogens is 406 g/mol. The van der Waals surface area contributed by atoms with Gasteiger partial charge in [0, 0.05) is 25.5 Å². The van der Waals surface area contributed by atoms with Crippen LogP contribution in [0.15, 0.2) is 36.4 Å². The average Bonchev–Trinajstić information content (AvgIpc) is 3.25. The topological polar surface area (TPSA) is 0 Å². The van der Waals surface area contributed by atoms with Crippen LogP contribution in [0.3, 0.4) is 0 Å². The summed E-state index contributed by atoms with van der Waals surface area (Å²) in [4.78, 5) is 0. The molecule has 3 saturated carbocycles.